The first-order chi connectivity index (χ1) is 10.1. The number of nitrogens with two attached hydrogens (primary N) is 1. The van der Waals surface area contributed by atoms with E-state index >= 15 is 0 Å². The van der Waals surface area contributed by atoms with Crippen LogP contribution in [0.3, 0.4) is 0 Å². The molecular formula is C17H24Cl2N2O. The van der Waals surface area contributed by atoms with Gasteiger partial charge in [-0.3, -0.25) is 4.79 Å². The molecule has 3 nitrogen and oxygen atoms in total. The van der Waals surface area contributed by atoms with Crippen LogP contribution < -0.4 is 11.1 Å². The number of fused-ring (bicyclic) bond motifs is 2. The number of nitrogens with one attached hydrogen (secondary N) is 1. The minimum Gasteiger partial charge on any atom is -0.327 e. The fourth-order valence-corrected chi connectivity index (χ4v) is 4.16. The number of anilines is 1. The molecule has 0 saturated heterocycles. The minimum absolute atomic E-state index is 0. The molecule has 22 heavy (non-hydrogen) atoms. The Morgan fingerprint density at radius 1 is 1.27 bits per heavy atom. The molecule has 2 aliphatic carbocycles. The summed E-state index contributed by atoms with van der Waals surface area (Å²) in [5.74, 6) is 1.27. The molecule has 122 valence electrons. The summed E-state index contributed by atoms with van der Waals surface area (Å²) in [6.07, 6.45) is 5.49. The normalized spacial score (nSPS) is 30.3. The molecule has 2 unspecified atom stereocenters. The Hall–Kier alpha value is -0.770. The molecule has 2 saturated carbocycles. The van der Waals surface area contributed by atoms with Gasteiger partial charge in [0, 0.05) is 22.7 Å². The maximum Gasteiger partial charge on any atom is 0.227 e. The summed E-state index contributed by atoms with van der Waals surface area (Å²) in [5, 5.41) is 3.75. The number of halogens is 2. The van der Waals surface area contributed by atoms with Gasteiger partial charge in [-0.15, -0.1) is 12.4 Å². The van der Waals surface area contributed by atoms with Gasteiger partial charge in [0.15, 0.2) is 0 Å². The Morgan fingerprint density at radius 2 is 1.91 bits per heavy atom. The standard InChI is InChI=1S/C17H23ClN2O.ClH/c1-10-14(18)6-3-7-15(10)20-17(21)13-8-11-4-2-5-12(9-13)16(11)19;/h3,6-7,11-13,16H,2,4-5,8-9,19H2,1H3,(H,20,21);1H. The highest BCUT2D eigenvalue weighted by atomic mass is 35.5. The molecule has 0 heterocycles. The summed E-state index contributed by atoms with van der Waals surface area (Å²) in [4.78, 5) is 12.6. The second-order valence-electron chi connectivity index (χ2n) is 6.60. The van der Waals surface area contributed by atoms with Gasteiger partial charge in [-0.25, -0.2) is 0 Å². The van der Waals surface area contributed by atoms with Crippen LogP contribution in [0.15, 0.2) is 18.2 Å². The Balaban J connectivity index is 0.00000176. The van der Waals surface area contributed by atoms with E-state index in [1.807, 2.05) is 25.1 Å². The lowest BCUT2D eigenvalue weighted by Gasteiger charge is -2.43. The number of hydrogen-bond acceptors (Lipinski definition) is 2. The maximum absolute atomic E-state index is 12.6. The number of hydrogen-bond donors (Lipinski definition) is 2. The van der Waals surface area contributed by atoms with Gasteiger partial charge < -0.3 is 11.1 Å². The monoisotopic (exact) mass is 342 g/mol. The minimum atomic E-state index is 0. The second kappa shape index (κ2) is 7.20. The summed E-state index contributed by atoms with van der Waals surface area (Å²) in [6.45, 7) is 1.93. The van der Waals surface area contributed by atoms with Gasteiger partial charge in [-0.2, -0.15) is 0 Å². The van der Waals surface area contributed by atoms with Gasteiger partial charge in [-0.1, -0.05) is 24.1 Å². The van der Waals surface area contributed by atoms with Gasteiger partial charge in [0.25, 0.3) is 0 Å². The van der Waals surface area contributed by atoms with Crippen molar-refractivity contribution in [2.45, 2.75) is 45.1 Å². The highest BCUT2D eigenvalue weighted by molar-refractivity contribution is 6.31. The molecule has 1 amide bonds. The van der Waals surface area contributed by atoms with Gasteiger partial charge in [0.2, 0.25) is 5.91 Å². The largest absolute Gasteiger partial charge is 0.327 e. The first kappa shape index (κ1) is 17.6. The molecule has 2 fully saturated rings. The Kier molecular flexibility index (Phi) is 5.76. The van der Waals surface area contributed by atoms with Crippen molar-refractivity contribution in [3.05, 3.63) is 28.8 Å². The van der Waals surface area contributed by atoms with Crippen LogP contribution >= 0.6 is 24.0 Å². The van der Waals surface area contributed by atoms with E-state index in [2.05, 4.69) is 5.32 Å². The van der Waals surface area contributed by atoms with Crippen LogP contribution in [0.1, 0.15) is 37.7 Å². The van der Waals surface area contributed by atoms with Crippen LogP contribution in [0.2, 0.25) is 5.02 Å². The van der Waals surface area contributed by atoms with Crippen molar-refractivity contribution in [1.29, 1.82) is 0 Å². The van der Waals surface area contributed by atoms with E-state index in [0.717, 1.165) is 24.1 Å². The van der Waals surface area contributed by atoms with E-state index < -0.39 is 0 Å². The highest BCUT2D eigenvalue weighted by Gasteiger charge is 2.40. The van der Waals surface area contributed by atoms with E-state index in [4.69, 9.17) is 17.3 Å². The quantitative estimate of drug-likeness (QED) is 0.847. The summed E-state index contributed by atoms with van der Waals surface area (Å²) in [6, 6.07) is 5.93. The van der Waals surface area contributed by atoms with Crippen molar-refractivity contribution in [3.8, 4) is 0 Å². The van der Waals surface area contributed by atoms with Crippen LogP contribution in [0.25, 0.3) is 0 Å². The fourth-order valence-electron chi connectivity index (χ4n) is 3.98. The molecule has 3 N–H and O–H groups in total. The molecule has 2 aliphatic rings. The lowest BCUT2D eigenvalue weighted by molar-refractivity contribution is -0.122. The van der Waals surface area contributed by atoms with Gasteiger partial charge in [0.1, 0.15) is 0 Å². The van der Waals surface area contributed by atoms with Crippen LogP contribution in [0, 0.1) is 24.7 Å². The molecule has 0 spiro atoms. The summed E-state index contributed by atoms with van der Waals surface area (Å²) in [7, 11) is 0. The highest BCUT2D eigenvalue weighted by Crippen LogP contribution is 2.42. The van der Waals surface area contributed by atoms with Gasteiger partial charge in [-0.05, 0) is 62.1 Å². The third-order valence-corrected chi connectivity index (χ3v) is 5.72. The Bertz CT molecular complexity index is 535. The van der Waals surface area contributed by atoms with Gasteiger partial charge in [0.05, 0.1) is 0 Å². The third kappa shape index (κ3) is 3.42. The van der Waals surface area contributed by atoms with Crippen LogP contribution in [0.5, 0.6) is 0 Å². The van der Waals surface area contributed by atoms with Crippen molar-refractivity contribution in [3.63, 3.8) is 0 Å². The summed E-state index contributed by atoms with van der Waals surface area (Å²) >= 11 is 6.11. The molecular weight excluding hydrogens is 319 g/mol. The molecule has 0 radical (unpaired) electrons. The number of carbonyl (C=O) groups is 1. The molecule has 0 aliphatic heterocycles. The molecule has 5 heteroatoms. The lowest BCUT2D eigenvalue weighted by atomic mass is 9.65. The van der Waals surface area contributed by atoms with E-state index in [1.54, 1.807) is 0 Å². The average molecular weight is 343 g/mol. The zero-order chi connectivity index (χ0) is 15.0. The average Bonchev–Trinajstić information content (AvgIpc) is 2.43. The number of rotatable bonds is 2. The fraction of sp³-hybridized carbons (Fsp3) is 0.588. The molecule has 3 rings (SSSR count). The zero-order valence-corrected chi connectivity index (χ0v) is 14.4. The van der Waals surface area contributed by atoms with Crippen molar-refractivity contribution in [2.75, 3.05) is 5.32 Å². The van der Waals surface area contributed by atoms with Crippen LogP contribution in [0.4, 0.5) is 5.69 Å². The zero-order valence-electron chi connectivity index (χ0n) is 12.8. The predicted octanol–water partition coefficient (Wildman–Crippen LogP) is 4.16. The van der Waals surface area contributed by atoms with Crippen molar-refractivity contribution >= 4 is 35.6 Å². The molecule has 1 aromatic carbocycles. The number of carbonyl (C=O) groups excluding carboxylic acids is 1. The van der Waals surface area contributed by atoms with E-state index in [9.17, 15) is 4.79 Å². The van der Waals surface area contributed by atoms with Crippen molar-refractivity contribution < 1.29 is 4.79 Å². The van der Waals surface area contributed by atoms with E-state index in [-0.39, 0.29) is 24.2 Å². The van der Waals surface area contributed by atoms with Crippen molar-refractivity contribution in [2.24, 2.45) is 23.5 Å². The third-order valence-electron chi connectivity index (χ3n) is 5.31. The van der Waals surface area contributed by atoms with Crippen LogP contribution in [-0.4, -0.2) is 11.9 Å². The molecule has 1 aromatic rings. The van der Waals surface area contributed by atoms with E-state index in [1.165, 1.54) is 19.3 Å². The second-order valence-corrected chi connectivity index (χ2v) is 7.01. The summed E-state index contributed by atoms with van der Waals surface area (Å²) < 4.78 is 0. The number of benzene rings is 1. The Morgan fingerprint density at radius 3 is 2.55 bits per heavy atom. The van der Waals surface area contributed by atoms with Gasteiger partial charge >= 0.3 is 0 Å². The van der Waals surface area contributed by atoms with Crippen LogP contribution in [-0.2, 0) is 4.79 Å². The van der Waals surface area contributed by atoms with E-state index in [0.29, 0.717) is 22.9 Å². The lowest BCUT2D eigenvalue weighted by Crippen LogP contribution is -2.48. The SMILES string of the molecule is Cc1c(Cl)cccc1NC(=O)C1CC2CCCC(C1)C2N.Cl. The predicted molar refractivity (Wildman–Crippen MR) is 93.6 cm³/mol. The molecule has 2 atom stereocenters. The number of amides is 1. The maximum atomic E-state index is 12.6. The smallest absolute Gasteiger partial charge is 0.227 e. The topological polar surface area (TPSA) is 55.1 Å². The Labute approximate surface area is 143 Å². The molecule has 2 bridgehead atoms. The van der Waals surface area contributed by atoms with Crippen molar-refractivity contribution in [1.82, 2.24) is 0 Å². The molecule has 0 aromatic heterocycles. The summed E-state index contributed by atoms with van der Waals surface area (Å²) in [5.41, 5.74) is 8.05. The first-order valence-corrected chi connectivity index (χ1v) is 8.25. The first-order valence-electron chi connectivity index (χ1n) is 7.88.